The van der Waals surface area contributed by atoms with Gasteiger partial charge in [-0.1, -0.05) is 12.1 Å². The quantitative estimate of drug-likeness (QED) is 0.830. The van der Waals surface area contributed by atoms with Crippen LogP contribution < -0.4 is 4.74 Å². The summed E-state index contributed by atoms with van der Waals surface area (Å²) in [7, 11) is 1.63. The Kier molecular flexibility index (Phi) is 4.98. The summed E-state index contributed by atoms with van der Waals surface area (Å²) in [5, 5.41) is 0. The number of rotatable bonds is 3. The van der Waals surface area contributed by atoms with Crippen LogP contribution in [0.1, 0.15) is 26.3 Å². The first-order chi connectivity index (χ1) is 12.3. The van der Waals surface area contributed by atoms with Gasteiger partial charge in [-0.05, 0) is 38.5 Å². The van der Waals surface area contributed by atoms with E-state index in [0.29, 0.717) is 32.7 Å². The Hall–Kier alpha value is -2.44. The van der Waals surface area contributed by atoms with Crippen LogP contribution >= 0.6 is 0 Å². The lowest BCUT2D eigenvalue weighted by Gasteiger charge is -2.37. The van der Waals surface area contributed by atoms with Crippen molar-refractivity contribution in [1.29, 1.82) is 0 Å². The van der Waals surface area contributed by atoms with Gasteiger partial charge in [0, 0.05) is 32.7 Å². The fourth-order valence-corrected chi connectivity index (χ4v) is 3.35. The van der Waals surface area contributed by atoms with Crippen LogP contribution in [-0.2, 0) is 11.3 Å². The first-order valence-corrected chi connectivity index (χ1v) is 8.93. The van der Waals surface area contributed by atoms with Crippen LogP contribution in [0.25, 0.3) is 0 Å². The molecular formula is C19H27N3O4. The Morgan fingerprint density at radius 2 is 1.85 bits per heavy atom. The molecule has 142 valence electrons. The SMILES string of the molecule is COc1ccc(CN2C[C@@H]3CN(C(=O)OC(C)(C)C)CCN3C2=O)cc1. The second kappa shape index (κ2) is 7.05. The Labute approximate surface area is 154 Å². The van der Waals surface area contributed by atoms with Crippen molar-refractivity contribution in [2.45, 2.75) is 39.0 Å². The molecule has 1 atom stereocenters. The zero-order valence-electron chi connectivity index (χ0n) is 15.9. The lowest BCUT2D eigenvalue weighted by molar-refractivity contribution is 0.0127. The second-order valence-electron chi connectivity index (χ2n) is 7.78. The third-order valence-corrected chi connectivity index (χ3v) is 4.61. The number of carbonyl (C=O) groups excluding carboxylic acids is 2. The van der Waals surface area contributed by atoms with Crippen molar-refractivity contribution in [3.05, 3.63) is 29.8 Å². The molecule has 7 heteroatoms. The summed E-state index contributed by atoms with van der Waals surface area (Å²) < 4.78 is 10.6. The monoisotopic (exact) mass is 361 g/mol. The van der Waals surface area contributed by atoms with Crippen LogP contribution in [0.3, 0.4) is 0 Å². The van der Waals surface area contributed by atoms with Crippen LogP contribution in [0.2, 0.25) is 0 Å². The number of amides is 3. The summed E-state index contributed by atoms with van der Waals surface area (Å²) >= 11 is 0. The lowest BCUT2D eigenvalue weighted by Crippen LogP contribution is -2.54. The van der Waals surface area contributed by atoms with E-state index in [9.17, 15) is 9.59 Å². The van der Waals surface area contributed by atoms with Gasteiger partial charge in [-0.3, -0.25) is 0 Å². The van der Waals surface area contributed by atoms with E-state index < -0.39 is 5.60 Å². The molecule has 2 saturated heterocycles. The first kappa shape index (κ1) is 18.4. The summed E-state index contributed by atoms with van der Waals surface area (Å²) in [6, 6.07) is 7.78. The van der Waals surface area contributed by atoms with Crippen molar-refractivity contribution in [2.75, 3.05) is 33.3 Å². The average molecular weight is 361 g/mol. The fraction of sp³-hybridized carbons (Fsp3) is 0.579. The highest BCUT2D eigenvalue weighted by atomic mass is 16.6. The topological polar surface area (TPSA) is 62.3 Å². The molecule has 0 aliphatic carbocycles. The van der Waals surface area contributed by atoms with Gasteiger partial charge in [-0.2, -0.15) is 0 Å². The molecule has 0 N–H and O–H groups in total. The largest absolute Gasteiger partial charge is 0.497 e. The Morgan fingerprint density at radius 3 is 2.46 bits per heavy atom. The van der Waals surface area contributed by atoms with Crippen molar-refractivity contribution >= 4 is 12.1 Å². The normalized spacial score (nSPS) is 20.2. The van der Waals surface area contributed by atoms with Gasteiger partial charge in [0.15, 0.2) is 0 Å². The number of benzene rings is 1. The molecule has 26 heavy (non-hydrogen) atoms. The van der Waals surface area contributed by atoms with Crippen molar-refractivity contribution in [2.24, 2.45) is 0 Å². The molecule has 0 saturated carbocycles. The highest BCUT2D eigenvalue weighted by Gasteiger charge is 2.42. The van der Waals surface area contributed by atoms with E-state index >= 15 is 0 Å². The maximum absolute atomic E-state index is 12.7. The molecule has 7 nitrogen and oxygen atoms in total. The average Bonchev–Trinajstić information content (AvgIpc) is 2.89. The van der Waals surface area contributed by atoms with Gasteiger partial charge in [-0.25, -0.2) is 9.59 Å². The highest BCUT2D eigenvalue weighted by molar-refractivity contribution is 5.78. The predicted octanol–water partition coefficient (Wildman–Crippen LogP) is 2.55. The number of nitrogens with zero attached hydrogens (tertiary/aromatic N) is 3. The van der Waals surface area contributed by atoms with Gasteiger partial charge < -0.3 is 24.2 Å². The van der Waals surface area contributed by atoms with Gasteiger partial charge in [0.05, 0.1) is 13.2 Å². The molecule has 0 radical (unpaired) electrons. The first-order valence-electron chi connectivity index (χ1n) is 8.93. The number of ether oxygens (including phenoxy) is 2. The van der Waals surface area contributed by atoms with E-state index in [1.54, 1.807) is 12.0 Å². The maximum atomic E-state index is 12.7. The fourth-order valence-electron chi connectivity index (χ4n) is 3.35. The van der Waals surface area contributed by atoms with Crippen LogP contribution in [0, 0.1) is 0 Å². The van der Waals surface area contributed by atoms with Crippen LogP contribution in [0.5, 0.6) is 5.75 Å². The molecule has 2 fully saturated rings. The van der Waals surface area contributed by atoms with E-state index in [1.165, 1.54) is 0 Å². The summed E-state index contributed by atoms with van der Waals surface area (Å²) in [5.74, 6) is 0.798. The molecule has 2 aliphatic heterocycles. The maximum Gasteiger partial charge on any atom is 0.410 e. The number of fused-ring (bicyclic) bond motifs is 1. The number of carbonyl (C=O) groups is 2. The highest BCUT2D eigenvalue weighted by Crippen LogP contribution is 2.24. The number of hydrogen-bond acceptors (Lipinski definition) is 4. The number of urea groups is 1. The smallest absolute Gasteiger partial charge is 0.410 e. The van der Waals surface area contributed by atoms with Gasteiger partial charge in [-0.15, -0.1) is 0 Å². The molecule has 2 heterocycles. The van der Waals surface area contributed by atoms with E-state index in [2.05, 4.69) is 0 Å². The molecule has 3 rings (SSSR count). The minimum atomic E-state index is -0.514. The molecule has 0 unspecified atom stereocenters. The summed E-state index contributed by atoms with van der Waals surface area (Å²) in [4.78, 5) is 30.4. The Morgan fingerprint density at radius 1 is 1.15 bits per heavy atom. The van der Waals surface area contributed by atoms with Crippen molar-refractivity contribution in [3.8, 4) is 5.75 Å². The van der Waals surface area contributed by atoms with E-state index in [4.69, 9.17) is 9.47 Å². The number of hydrogen-bond donors (Lipinski definition) is 0. The molecule has 0 aromatic heterocycles. The van der Waals surface area contributed by atoms with Crippen molar-refractivity contribution in [1.82, 2.24) is 14.7 Å². The Balaban J connectivity index is 1.61. The summed E-state index contributed by atoms with van der Waals surface area (Å²) in [5.41, 5.74) is 0.545. The lowest BCUT2D eigenvalue weighted by atomic mass is 10.2. The predicted molar refractivity (Wildman–Crippen MR) is 97.1 cm³/mol. The molecular weight excluding hydrogens is 334 g/mol. The molecule has 0 spiro atoms. The summed E-state index contributed by atoms with van der Waals surface area (Å²) in [6.07, 6.45) is -0.307. The minimum Gasteiger partial charge on any atom is -0.497 e. The standard InChI is InChI=1S/C19H27N3O4/c1-19(2,3)26-18(24)20-9-10-22-15(12-20)13-21(17(22)23)11-14-5-7-16(25-4)8-6-14/h5-8,15H,9-13H2,1-4H3/t15-/m0/s1. The van der Waals surface area contributed by atoms with Crippen LogP contribution in [-0.4, -0.2) is 71.8 Å². The van der Waals surface area contributed by atoms with Gasteiger partial charge in [0.2, 0.25) is 0 Å². The minimum absolute atomic E-state index is 0.0158. The molecule has 1 aromatic rings. The molecule has 3 amide bonds. The molecule has 2 aliphatic rings. The third-order valence-electron chi connectivity index (χ3n) is 4.61. The van der Waals surface area contributed by atoms with Crippen molar-refractivity contribution in [3.63, 3.8) is 0 Å². The van der Waals surface area contributed by atoms with Crippen LogP contribution in [0.4, 0.5) is 9.59 Å². The molecule has 0 bridgehead atoms. The Bertz CT molecular complexity index is 668. The van der Waals surface area contributed by atoms with E-state index in [-0.39, 0.29) is 18.2 Å². The number of methoxy groups -OCH3 is 1. The summed E-state index contributed by atoms with van der Waals surface area (Å²) in [6.45, 7) is 8.31. The zero-order valence-corrected chi connectivity index (χ0v) is 15.9. The van der Waals surface area contributed by atoms with Gasteiger partial charge >= 0.3 is 12.1 Å². The van der Waals surface area contributed by atoms with Crippen LogP contribution in [0.15, 0.2) is 24.3 Å². The van der Waals surface area contributed by atoms with E-state index in [1.807, 2.05) is 54.8 Å². The second-order valence-corrected chi connectivity index (χ2v) is 7.78. The van der Waals surface area contributed by atoms with Gasteiger partial charge in [0.1, 0.15) is 11.4 Å². The van der Waals surface area contributed by atoms with Gasteiger partial charge in [0.25, 0.3) is 0 Å². The number of piperazine rings is 1. The zero-order chi connectivity index (χ0) is 18.9. The third kappa shape index (κ3) is 4.03. The van der Waals surface area contributed by atoms with Crippen molar-refractivity contribution < 1.29 is 19.1 Å². The van der Waals surface area contributed by atoms with E-state index in [0.717, 1.165) is 11.3 Å². The molecule has 1 aromatic carbocycles.